The molecule has 1 N–H and O–H groups in total. The van der Waals surface area contributed by atoms with Crippen LogP contribution in [-0.4, -0.2) is 31.3 Å². The minimum absolute atomic E-state index is 0.301. The van der Waals surface area contributed by atoms with E-state index >= 15 is 0 Å². The standard InChI is InChI=1S/C12H17BrN6/c1-8(2)12-16-9(13)6-11(17-12)14-5-4-10-15-7-19(3)18-10/h6-8H,4-5H2,1-3H3,(H,14,16,17). The highest BCUT2D eigenvalue weighted by Crippen LogP contribution is 2.17. The molecule has 0 radical (unpaired) electrons. The molecule has 0 aliphatic heterocycles. The van der Waals surface area contributed by atoms with Gasteiger partial charge in [-0.25, -0.2) is 15.0 Å². The van der Waals surface area contributed by atoms with E-state index in [0.29, 0.717) is 5.92 Å². The van der Waals surface area contributed by atoms with E-state index in [4.69, 9.17) is 0 Å². The van der Waals surface area contributed by atoms with Crippen molar-refractivity contribution >= 4 is 21.7 Å². The van der Waals surface area contributed by atoms with Gasteiger partial charge in [0.1, 0.15) is 22.6 Å². The van der Waals surface area contributed by atoms with E-state index in [-0.39, 0.29) is 0 Å². The van der Waals surface area contributed by atoms with Gasteiger partial charge in [-0.05, 0) is 15.9 Å². The Bertz CT molecular complexity index is 551. The smallest absolute Gasteiger partial charge is 0.152 e. The molecule has 0 atom stereocenters. The first-order chi connectivity index (χ1) is 9.04. The highest BCUT2D eigenvalue weighted by atomic mass is 79.9. The lowest BCUT2D eigenvalue weighted by Gasteiger charge is -2.09. The third-order valence-electron chi connectivity index (χ3n) is 2.53. The second-order valence-electron chi connectivity index (χ2n) is 4.60. The second kappa shape index (κ2) is 6.10. The van der Waals surface area contributed by atoms with Gasteiger partial charge in [0.05, 0.1) is 0 Å². The number of hydrogen-bond acceptors (Lipinski definition) is 5. The van der Waals surface area contributed by atoms with Crippen LogP contribution in [0.25, 0.3) is 0 Å². The van der Waals surface area contributed by atoms with Gasteiger partial charge in [-0.2, -0.15) is 5.10 Å². The minimum Gasteiger partial charge on any atom is -0.369 e. The third-order valence-corrected chi connectivity index (χ3v) is 2.94. The number of aromatic nitrogens is 5. The van der Waals surface area contributed by atoms with Gasteiger partial charge in [0.2, 0.25) is 0 Å². The van der Waals surface area contributed by atoms with E-state index in [9.17, 15) is 0 Å². The fraction of sp³-hybridized carbons (Fsp3) is 0.500. The maximum atomic E-state index is 4.47. The number of rotatable bonds is 5. The van der Waals surface area contributed by atoms with Crippen LogP contribution in [0.5, 0.6) is 0 Å². The molecule has 0 aliphatic carbocycles. The van der Waals surface area contributed by atoms with Gasteiger partial charge in [0.15, 0.2) is 5.82 Å². The van der Waals surface area contributed by atoms with Gasteiger partial charge < -0.3 is 5.32 Å². The number of aryl methyl sites for hydroxylation is 1. The molecule has 2 rings (SSSR count). The Labute approximate surface area is 120 Å². The van der Waals surface area contributed by atoms with Crippen molar-refractivity contribution in [3.05, 3.63) is 28.6 Å². The van der Waals surface area contributed by atoms with Crippen molar-refractivity contribution in [1.29, 1.82) is 0 Å². The number of halogens is 1. The summed E-state index contributed by atoms with van der Waals surface area (Å²) in [6.07, 6.45) is 2.47. The highest BCUT2D eigenvalue weighted by molar-refractivity contribution is 9.10. The number of hydrogen-bond donors (Lipinski definition) is 1. The molecular formula is C12H17BrN6. The maximum Gasteiger partial charge on any atom is 0.152 e. The Morgan fingerprint density at radius 1 is 1.37 bits per heavy atom. The summed E-state index contributed by atoms with van der Waals surface area (Å²) in [5.74, 6) is 2.78. The zero-order chi connectivity index (χ0) is 13.8. The first-order valence-corrected chi connectivity index (χ1v) is 6.97. The van der Waals surface area contributed by atoms with Crippen molar-refractivity contribution in [2.24, 2.45) is 7.05 Å². The highest BCUT2D eigenvalue weighted by Gasteiger charge is 2.07. The molecular weight excluding hydrogens is 308 g/mol. The Morgan fingerprint density at radius 2 is 2.16 bits per heavy atom. The van der Waals surface area contributed by atoms with E-state index < -0.39 is 0 Å². The van der Waals surface area contributed by atoms with Crippen LogP contribution in [0.3, 0.4) is 0 Å². The summed E-state index contributed by atoms with van der Waals surface area (Å²) in [5.41, 5.74) is 0. The Hall–Kier alpha value is -1.50. The molecule has 2 heterocycles. The normalized spacial score (nSPS) is 11.0. The van der Waals surface area contributed by atoms with Crippen LogP contribution in [0.1, 0.15) is 31.4 Å². The lowest BCUT2D eigenvalue weighted by atomic mass is 10.2. The average molecular weight is 325 g/mol. The molecule has 0 aliphatic rings. The summed E-state index contributed by atoms with van der Waals surface area (Å²) >= 11 is 3.40. The average Bonchev–Trinajstić information content (AvgIpc) is 2.74. The van der Waals surface area contributed by atoms with Gasteiger partial charge in [-0.15, -0.1) is 0 Å². The lowest BCUT2D eigenvalue weighted by molar-refractivity contribution is 0.740. The predicted octanol–water partition coefficient (Wildman–Crippen LogP) is 2.15. The van der Waals surface area contributed by atoms with Crippen LogP contribution in [-0.2, 0) is 13.5 Å². The quantitative estimate of drug-likeness (QED) is 0.853. The van der Waals surface area contributed by atoms with E-state index in [1.165, 1.54) is 0 Å². The van der Waals surface area contributed by atoms with Crippen molar-refractivity contribution < 1.29 is 0 Å². The van der Waals surface area contributed by atoms with Crippen molar-refractivity contribution in [2.45, 2.75) is 26.2 Å². The summed E-state index contributed by atoms with van der Waals surface area (Å²) in [6.45, 7) is 4.89. The van der Waals surface area contributed by atoms with Gasteiger partial charge in [0.25, 0.3) is 0 Å². The first-order valence-electron chi connectivity index (χ1n) is 6.17. The summed E-state index contributed by atoms with van der Waals surface area (Å²) in [7, 11) is 1.86. The molecule has 0 bridgehead atoms. The largest absolute Gasteiger partial charge is 0.369 e. The predicted molar refractivity (Wildman–Crippen MR) is 77.0 cm³/mol. The van der Waals surface area contributed by atoms with Crippen LogP contribution < -0.4 is 5.32 Å². The number of anilines is 1. The molecule has 0 saturated heterocycles. The fourth-order valence-corrected chi connectivity index (χ4v) is 1.98. The minimum atomic E-state index is 0.301. The van der Waals surface area contributed by atoms with Crippen LogP contribution in [0.4, 0.5) is 5.82 Å². The lowest BCUT2D eigenvalue weighted by Crippen LogP contribution is -2.09. The molecule has 0 unspecified atom stereocenters. The first kappa shape index (κ1) is 13.9. The Kier molecular flexibility index (Phi) is 4.47. The van der Waals surface area contributed by atoms with E-state index in [2.05, 4.69) is 55.1 Å². The van der Waals surface area contributed by atoms with Crippen LogP contribution in [0.15, 0.2) is 17.0 Å². The topological polar surface area (TPSA) is 68.5 Å². The van der Waals surface area contributed by atoms with E-state index in [0.717, 1.165) is 35.0 Å². The van der Waals surface area contributed by atoms with Crippen molar-refractivity contribution in [3.63, 3.8) is 0 Å². The molecule has 0 amide bonds. The van der Waals surface area contributed by atoms with Gasteiger partial charge in [0, 0.05) is 32.0 Å². The SMILES string of the molecule is CC(C)c1nc(Br)cc(NCCc2ncn(C)n2)n1. The zero-order valence-corrected chi connectivity index (χ0v) is 12.8. The van der Waals surface area contributed by atoms with Crippen LogP contribution in [0.2, 0.25) is 0 Å². The second-order valence-corrected chi connectivity index (χ2v) is 5.41. The van der Waals surface area contributed by atoms with Gasteiger partial charge in [-0.1, -0.05) is 13.8 Å². The van der Waals surface area contributed by atoms with Gasteiger partial charge in [-0.3, -0.25) is 4.68 Å². The van der Waals surface area contributed by atoms with E-state index in [1.54, 1.807) is 11.0 Å². The van der Waals surface area contributed by atoms with Gasteiger partial charge >= 0.3 is 0 Å². The zero-order valence-electron chi connectivity index (χ0n) is 11.3. The summed E-state index contributed by atoms with van der Waals surface area (Å²) in [4.78, 5) is 13.0. The van der Waals surface area contributed by atoms with Crippen molar-refractivity contribution in [2.75, 3.05) is 11.9 Å². The Morgan fingerprint density at radius 3 is 2.79 bits per heavy atom. The number of nitrogens with one attached hydrogen (secondary N) is 1. The molecule has 6 nitrogen and oxygen atoms in total. The molecule has 102 valence electrons. The molecule has 0 saturated carbocycles. The molecule has 19 heavy (non-hydrogen) atoms. The molecule has 0 spiro atoms. The Balaban J connectivity index is 1.95. The molecule has 0 aromatic carbocycles. The fourth-order valence-electron chi connectivity index (χ4n) is 1.58. The number of nitrogens with zero attached hydrogens (tertiary/aromatic N) is 5. The third kappa shape index (κ3) is 3.99. The molecule has 7 heteroatoms. The molecule has 2 aromatic rings. The van der Waals surface area contributed by atoms with Crippen LogP contribution in [0, 0.1) is 0 Å². The summed E-state index contributed by atoms with van der Waals surface area (Å²) < 4.78 is 2.50. The molecule has 0 fully saturated rings. The molecule has 2 aromatic heterocycles. The van der Waals surface area contributed by atoms with E-state index in [1.807, 2.05) is 13.1 Å². The van der Waals surface area contributed by atoms with Crippen molar-refractivity contribution in [1.82, 2.24) is 24.7 Å². The summed E-state index contributed by atoms with van der Waals surface area (Å²) in [6, 6.07) is 1.87. The monoisotopic (exact) mass is 324 g/mol. The van der Waals surface area contributed by atoms with Crippen molar-refractivity contribution in [3.8, 4) is 0 Å². The maximum absolute atomic E-state index is 4.47. The van der Waals surface area contributed by atoms with Crippen LogP contribution >= 0.6 is 15.9 Å². The summed E-state index contributed by atoms with van der Waals surface area (Å²) in [5, 5.41) is 7.50.